The van der Waals surface area contributed by atoms with Crippen LogP contribution in [0.15, 0.2) is 24.3 Å². The topological polar surface area (TPSA) is 75.6 Å². The average molecular weight is 319 g/mol. The summed E-state index contributed by atoms with van der Waals surface area (Å²) in [5, 5.41) is 11.9. The molecule has 5 nitrogen and oxygen atoms in total. The van der Waals surface area contributed by atoms with Gasteiger partial charge in [-0.25, -0.2) is 0 Å². The van der Waals surface area contributed by atoms with Crippen LogP contribution in [-0.4, -0.2) is 30.1 Å². The number of rotatable bonds is 7. The Morgan fingerprint density at radius 1 is 1.13 bits per heavy atom. The van der Waals surface area contributed by atoms with Crippen LogP contribution >= 0.6 is 0 Å². The van der Waals surface area contributed by atoms with Gasteiger partial charge in [-0.2, -0.15) is 0 Å². The minimum atomic E-state index is -0.739. The molecule has 0 unspecified atom stereocenters. The van der Waals surface area contributed by atoms with Crippen LogP contribution < -0.4 is 10.1 Å². The maximum absolute atomic E-state index is 12.0. The first-order valence-electron chi connectivity index (χ1n) is 8.26. The second kappa shape index (κ2) is 8.56. The Balaban J connectivity index is 1.58. The molecule has 0 saturated heterocycles. The van der Waals surface area contributed by atoms with Crippen LogP contribution in [-0.2, 0) is 9.59 Å². The van der Waals surface area contributed by atoms with E-state index >= 15 is 0 Å². The van der Waals surface area contributed by atoms with E-state index in [0.717, 1.165) is 12.2 Å². The summed E-state index contributed by atoms with van der Waals surface area (Å²) in [4.78, 5) is 22.9. The molecule has 0 aliphatic heterocycles. The Morgan fingerprint density at radius 2 is 1.74 bits per heavy atom. The number of hydrogen-bond donors (Lipinski definition) is 2. The Kier molecular flexibility index (Phi) is 6.44. The number of ether oxygens (including phenoxy) is 1. The van der Waals surface area contributed by atoms with Gasteiger partial charge in [-0.05, 0) is 51.2 Å². The van der Waals surface area contributed by atoms with Crippen molar-refractivity contribution in [2.75, 3.05) is 13.2 Å². The molecule has 0 heterocycles. The lowest BCUT2D eigenvalue weighted by Crippen LogP contribution is -2.35. The largest absolute Gasteiger partial charge is 0.494 e. The van der Waals surface area contributed by atoms with Crippen molar-refractivity contribution in [1.82, 2.24) is 5.32 Å². The Hall–Kier alpha value is -2.04. The molecular weight excluding hydrogens is 294 g/mol. The molecule has 1 aliphatic rings. The molecule has 126 valence electrons. The summed E-state index contributed by atoms with van der Waals surface area (Å²) in [6.45, 7) is 3.18. The molecule has 0 radical (unpaired) electrons. The van der Waals surface area contributed by atoms with Gasteiger partial charge in [0.05, 0.1) is 12.5 Å². The number of amides is 1. The van der Waals surface area contributed by atoms with Gasteiger partial charge in [0.25, 0.3) is 0 Å². The number of aliphatic carboxylic acids is 1. The molecule has 2 N–H and O–H groups in total. The van der Waals surface area contributed by atoms with Crippen LogP contribution in [0.5, 0.6) is 5.75 Å². The molecule has 0 atom stereocenters. The van der Waals surface area contributed by atoms with Crippen molar-refractivity contribution in [2.24, 2.45) is 11.8 Å². The first-order chi connectivity index (χ1) is 11.1. The van der Waals surface area contributed by atoms with Crippen molar-refractivity contribution in [2.45, 2.75) is 39.0 Å². The maximum atomic E-state index is 12.0. The second-order valence-electron chi connectivity index (χ2n) is 6.19. The molecule has 5 heteroatoms. The molecule has 2 rings (SSSR count). The fraction of sp³-hybridized carbons (Fsp3) is 0.556. The number of carbonyl (C=O) groups excluding carboxylic acids is 1. The lowest BCUT2D eigenvalue weighted by atomic mass is 9.81. The van der Waals surface area contributed by atoms with Crippen LogP contribution in [0.25, 0.3) is 0 Å². The fourth-order valence-electron chi connectivity index (χ4n) is 2.86. The lowest BCUT2D eigenvalue weighted by molar-refractivity contribution is -0.144. The number of carboxylic acid groups (broad SMARTS) is 1. The van der Waals surface area contributed by atoms with E-state index in [1.807, 2.05) is 31.2 Å². The SMILES string of the molecule is Cc1ccc(OCCCNC(=O)C2CCC(C(=O)O)CC2)cc1. The van der Waals surface area contributed by atoms with E-state index in [2.05, 4.69) is 5.32 Å². The van der Waals surface area contributed by atoms with Gasteiger partial charge in [-0.1, -0.05) is 17.7 Å². The van der Waals surface area contributed by atoms with Crippen LogP contribution in [0.2, 0.25) is 0 Å². The third-order valence-electron chi connectivity index (χ3n) is 4.36. The quantitative estimate of drug-likeness (QED) is 0.758. The minimum absolute atomic E-state index is 0.0383. The first kappa shape index (κ1) is 17.3. The van der Waals surface area contributed by atoms with Gasteiger partial charge < -0.3 is 15.2 Å². The van der Waals surface area contributed by atoms with E-state index in [9.17, 15) is 9.59 Å². The van der Waals surface area contributed by atoms with Gasteiger partial charge in [-0.15, -0.1) is 0 Å². The summed E-state index contributed by atoms with van der Waals surface area (Å²) in [6.07, 6.45) is 3.29. The molecule has 1 aliphatic carbocycles. The van der Waals surface area contributed by atoms with Crippen molar-refractivity contribution < 1.29 is 19.4 Å². The third-order valence-corrected chi connectivity index (χ3v) is 4.36. The van der Waals surface area contributed by atoms with Crippen LogP contribution in [0, 0.1) is 18.8 Å². The molecule has 1 aromatic carbocycles. The first-order valence-corrected chi connectivity index (χ1v) is 8.26. The Bertz CT molecular complexity index is 518. The van der Waals surface area contributed by atoms with E-state index in [1.165, 1.54) is 5.56 Å². The van der Waals surface area contributed by atoms with Crippen molar-refractivity contribution in [3.05, 3.63) is 29.8 Å². The molecular formula is C18H25NO4. The molecule has 1 amide bonds. The van der Waals surface area contributed by atoms with Gasteiger partial charge in [-0.3, -0.25) is 9.59 Å². The number of carboxylic acids is 1. The van der Waals surface area contributed by atoms with Crippen molar-refractivity contribution in [3.8, 4) is 5.75 Å². The monoisotopic (exact) mass is 319 g/mol. The van der Waals surface area contributed by atoms with E-state index < -0.39 is 5.97 Å². The third kappa shape index (κ3) is 5.58. The molecule has 1 aromatic rings. The molecule has 1 saturated carbocycles. The van der Waals surface area contributed by atoms with E-state index in [0.29, 0.717) is 38.8 Å². The highest BCUT2D eigenvalue weighted by atomic mass is 16.5. The standard InChI is InChI=1S/C18H25NO4/c1-13-3-9-16(10-4-13)23-12-2-11-19-17(20)14-5-7-15(8-6-14)18(21)22/h3-4,9-10,14-15H,2,5-8,11-12H2,1H3,(H,19,20)(H,21,22). The van der Waals surface area contributed by atoms with Crippen molar-refractivity contribution >= 4 is 11.9 Å². The van der Waals surface area contributed by atoms with E-state index in [1.54, 1.807) is 0 Å². The van der Waals surface area contributed by atoms with Crippen molar-refractivity contribution in [3.63, 3.8) is 0 Å². The van der Waals surface area contributed by atoms with Gasteiger partial charge in [0.15, 0.2) is 0 Å². The zero-order chi connectivity index (χ0) is 16.7. The Morgan fingerprint density at radius 3 is 2.35 bits per heavy atom. The summed E-state index contributed by atoms with van der Waals surface area (Å²) in [7, 11) is 0. The number of aryl methyl sites for hydroxylation is 1. The lowest BCUT2D eigenvalue weighted by Gasteiger charge is -2.25. The highest BCUT2D eigenvalue weighted by molar-refractivity contribution is 5.79. The highest BCUT2D eigenvalue weighted by Crippen LogP contribution is 2.28. The summed E-state index contributed by atoms with van der Waals surface area (Å²) < 4.78 is 5.61. The smallest absolute Gasteiger partial charge is 0.306 e. The van der Waals surface area contributed by atoms with Crippen LogP contribution in [0.4, 0.5) is 0 Å². The molecule has 23 heavy (non-hydrogen) atoms. The molecule has 0 spiro atoms. The maximum Gasteiger partial charge on any atom is 0.306 e. The van der Waals surface area contributed by atoms with Gasteiger partial charge in [0, 0.05) is 12.5 Å². The number of hydrogen-bond acceptors (Lipinski definition) is 3. The summed E-state index contributed by atoms with van der Waals surface area (Å²) in [5.41, 5.74) is 1.20. The fourth-order valence-corrected chi connectivity index (χ4v) is 2.86. The average Bonchev–Trinajstić information content (AvgIpc) is 2.56. The van der Waals surface area contributed by atoms with Crippen molar-refractivity contribution in [1.29, 1.82) is 0 Å². The number of benzene rings is 1. The van der Waals surface area contributed by atoms with Gasteiger partial charge >= 0.3 is 5.97 Å². The predicted molar refractivity (Wildman–Crippen MR) is 87.4 cm³/mol. The van der Waals surface area contributed by atoms with Gasteiger partial charge in [0.2, 0.25) is 5.91 Å². The molecule has 1 fully saturated rings. The molecule has 0 aromatic heterocycles. The van der Waals surface area contributed by atoms with E-state index in [4.69, 9.17) is 9.84 Å². The number of carbonyl (C=O) groups is 2. The van der Waals surface area contributed by atoms with Crippen LogP contribution in [0.3, 0.4) is 0 Å². The highest BCUT2D eigenvalue weighted by Gasteiger charge is 2.29. The number of nitrogens with one attached hydrogen (secondary N) is 1. The molecule has 0 bridgehead atoms. The van der Waals surface area contributed by atoms with Crippen LogP contribution in [0.1, 0.15) is 37.7 Å². The zero-order valence-corrected chi connectivity index (χ0v) is 13.6. The normalized spacial score (nSPS) is 20.7. The summed E-state index contributed by atoms with van der Waals surface area (Å²) >= 11 is 0. The second-order valence-corrected chi connectivity index (χ2v) is 6.19. The Labute approximate surface area is 137 Å². The zero-order valence-electron chi connectivity index (χ0n) is 13.6. The van der Waals surface area contributed by atoms with E-state index in [-0.39, 0.29) is 17.7 Å². The summed E-state index contributed by atoms with van der Waals surface area (Å²) in [5.74, 6) is -0.166. The predicted octanol–water partition coefficient (Wildman–Crippen LogP) is 2.77. The van der Waals surface area contributed by atoms with Gasteiger partial charge in [0.1, 0.15) is 5.75 Å². The minimum Gasteiger partial charge on any atom is -0.494 e. The summed E-state index contributed by atoms with van der Waals surface area (Å²) in [6, 6.07) is 7.89.